The fourth-order valence-electron chi connectivity index (χ4n) is 3.13. The van der Waals surface area contributed by atoms with Crippen LogP contribution in [0.1, 0.15) is 22.3 Å². The van der Waals surface area contributed by atoms with Crippen LogP contribution in [0.3, 0.4) is 0 Å². The lowest BCUT2D eigenvalue weighted by Crippen LogP contribution is -2.27. The number of rotatable bonds is 2. The third-order valence-corrected chi connectivity index (χ3v) is 4.39. The fourth-order valence-corrected chi connectivity index (χ4v) is 3.13. The molecule has 0 unspecified atom stereocenters. The van der Waals surface area contributed by atoms with E-state index in [-0.39, 0.29) is 12.1 Å². The predicted octanol–water partition coefficient (Wildman–Crippen LogP) is 3.64. The molecule has 1 aliphatic heterocycles. The molecule has 25 heavy (non-hydrogen) atoms. The summed E-state index contributed by atoms with van der Waals surface area (Å²) in [5, 5.41) is 0.840. The Hall–Kier alpha value is -2.83. The molecule has 0 amide bonds. The molecule has 0 N–H and O–H groups in total. The molecule has 0 fully saturated rings. The van der Waals surface area contributed by atoms with Crippen LogP contribution in [0.4, 0.5) is 13.2 Å². The standard InChI is InChI=1S/C18H13F3N2O2/c19-18(20,21)12-3-1-11(2-4-12)8-23-16-10-25-9-15(16)13-5-6-22-7-14(13)17(23)24/h1-4,7,9-10H,5-6,8H2. The number of fused-ring (bicyclic) bond motifs is 3. The largest absolute Gasteiger partial charge is 0.470 e. The third-order valence-electron chi connectivity index (χ3n) is 4.39. The van der Waals surface area contributed by atoms with Crippen molar-refractivity contribution in [3.63, 3.8) is 0 Å². The van der Waals surface area contributed by atoms with Crippen molar-refractivity contribution < 1.29 is 17.6 Å². The molecule has 3 heterocycles. The molecule has 4 nitrogen and oxygen atoms in total. The highest BCUT2D eigenvalue weighted by Crippen LogP contribution is 2.29. The van der Waals surface area contributed by atoms with Gasteiger partial charge in [0.25, 0.3) is 5.56 Å². The molecule has 4 rings (SSSR count). The van der Waals surface area contributed by atoms with E-state index in [1.807, 2.05) is 0 Å². The average Bonchev–Trinajstić information content (AvgIpc) is 3.08. The minimum absolute atomic E-state index is 0.161. The normalized spacial score (nSPS) is 14.0. The van der Waals surface area contributed by atoms with Crippen molar-refractivity contribution >= 4 is 17.1 Å². The van der Waals surface area contributed by atoms with Crippen LogP contribution in [0.15, 0.2) is 51.0 Å². The highest BCUT2D eigenvalue weighted by molar-refractivity contribution is 5.92. The highest BCUT2D eigenvalue weighted by Gasteiger charge is 2.30. The van der Waals surface area contributed by atoms with Crippen LogP contribution in [-0.2, 0) is 19.1 Å². The Labute approximate surface area is 140 Å². The molecule has 0 aliphatic carbocycles. The van der Waals surface area contributed by atoms with Crippen LogP contribution in [0.2, 0.25) is 0 Å². The summed E-state index contributed by atoms with van der Waals surface area (Å²) in [5.74, 6) is 0. The van der Waals surface area contributed by atoms with Crippen molar-refractivity contribution in [1.29, 1.82) is 0 Å². The van der Waals surface area contributed by atoms with Crippen molar-refractivity contribution in [3.05, 3.63) is 69.4 Å². The number of aliphatic imine (C=N–C) groups is 1. The Morgan fingerprint density at radius 3 is 2.64 bits per heavy atom. The van der Waals surface area contributed by atoms with Gasteiger partial charge in [0.2, 0.25) is 0 Å². The summed E-state index contributed by atoms with van der Waals surface area (Å²) in [6.07, 6.45) is 0.938. The molecule has 0 spiro atoms. The monoisotopic (exact) mass is 346 g/mol. The van der Waals surface area contributed by atoms with Crippen molar-refractivity contribution in [1.82, 2.24) is 4.57 Å². The average molecular weight is 346 g/mol. The lowest BCUT2D eigenvalue weighted by atomic mass is 10.0. The van der Waals surface area contributed by atoms with E-state index in [4.69, 9.17) is 4.42 Å². The van der Waals surface area contributed by atoms with Gasteiger partial charge < -0.3 is 8.98 Å². The molecule has 0 radical (unpaired) electrons. The number of hydrogen-bond acceptors (Lipinski definition) is 3. The van der Waals surface area contributed by atoms with Gasteiger partial charge in [0.05, 0.1) is 29.5 Å². The lowest BCUT2D eigenvalue weighted by Gasteiger charge is -2.15. The van der Waals surface area contributed by atoms with Crippen molar-refractivity contribution in [3.8, 4) is 0 Å². The van der Waals surface area contributed by atoms with Gasteiger partial charge in [-0.15, -0.1) is 0 Å². The number of benzene rings is 1. The van der Waals surface area contributed by atoms with E-state index < -0.39 is 11.7 Å². The molecule has 3 aromatic rings. The lowest BCUT2D eigenvalue weighted by molar-refractivity contribution is -0.137. The van der Waals surface area contributed by atoms with Gasteiger partial charge in [-0.25, -0.2) is 0 Å². The SMILES string of the molecule is O=c1c2c(c3cocc3n1Cc1ccc(C(F)(F)F)cc1)CCN=C2. The van der Waals surface area contributed by atoms with Crippen LogP contribution >= 0.6 is 0 Å². The van der Waals surface area contributed by atoms with Gasteiger partial charge >= 0.3 is 6.18 Å². The maximum Gasteiger partial charge on any atom is 0.416 e. The zero-order valence-corrected chi connectivity index (χ0v) is 13.0. The molecule has 0 atom stereocenters. The first-order chi connectivity index (χ1) is 11.9. The third kappa shape index (κ3) is 2.65. The van der Waals surface area contributed by atoms with Gasteiger partial charge in [0, 0.05) is 18.1 Å². The molecule has 0 saturated heterocycles. The van der Waals surface area contributed by atoms with Crippen LogP contribution in [0.25, 0.3) is 10.9 Å². The summed E-state index contributed by atoms with van der Waals surface area (Å²) < 4.78 is 44.8. The van der Waals surface area contributed by atoms with Crippen LogP contribution in [0.5, 0.6) is 0 Å². The minimum atomic E-state index is -4.38. The zero-order valence-electron chi connectivity index (χ0n) is 13.0. The summed E-state index contributed by atoms with van der Waals surface area (Å²) in [6.45, 7) is 0.782. The summed E-state index contributed by atoms with van der Waals surface area (Å²) in [6, 6.07) is 4.81. The number of alkyl halides is 3. The number of halogens is 3. The number of nitrogens with zero attached hydrogens (tertiary/aromatic N) is 2. The highest BCUT2D eigenvalue weighted by atomic mass is 19.4. The Bertz CT molecular complexity index is 1030. The zero-order chi connectivity index (χ0) is 17.6. The van der Waals surface area contributed by atoms with E-state index in [9.17, 15) is 18.0 Å². The van der Waals surface area contributed by atoms with E-state index >= 15 is 0 Å². The summed E-state index contributed by atoms with van der Waals surface area (Å²) in [5.41, 5.74) is 1.74. The van der Waals surface area contributed by atoms with Gasteiger partial charge in [0.15, 0.2) is 0 Å². The predicted molar refractivity (Wildman–Crippen MR) is 87.2 cm³/mol. The number of pyridine rings is 1. The van der Waals surface area contributed by atoms with Gasteiger partial charge in [-0.2, -0.15) is 13.2 Å². The van der Waals surface area contributed by atoms with Crippen LogP contribution in [-0.4, -0.2) is 17.3 Å². The van der Waals surface area contributed by atoms with Crippen molar-refractivity contribution in [2.45, 2.75) is 19.1 Å². The molecular weight excluding hydrogens is 333 g/mol. The van der Waals surface area contributed by atoms with E-state index in [1.165, 1.54) is 23.0 Å². The topological polar surface area (TPSA) is 47.5 Å². The van der Waals surface area contributed by atoms with E-state index in [1.54, 1.807) is 12.5 Å². The summed E-state index contributed by atoms with van der Waals surface area (Å²) >= 11 is 0. The Balaban J connectivity index is 1.80. The first-order valence-corrected chi connectivity index (χ1v) is 7.72. The first-order valence-electron chi connectivity index (χ1n) is 7.72. The molecule has 1 aromatic carbocycles. The van der Waals surface area contributed by atoms with E-state index in [2.05, 4.69) is 4.99 Å². The van der Waals surface area contributed by atoms with Crippen molar-refractivity contribution in [2.24, 2.45) is 4.99 Å². The summed E-state index contributed by atoms with van der Waals surface area (Å²) in [7, 11) is 0. The first kappa shape index (κ1) is 15.7. The second-order valence-electron chi connectivity index (χ2n) is 5.93. The molecule has 0 bridgehead atoms. The smallest absolute Gasteiger partial charge is 0.416 e. The molecule has 0 saturated carbocycles. The quantitative estimate of drug-likeness (QED) is 0.711. The maximum atomic E-state index is 12.8. The van der Waals surface area contributed by atoms with Gasteiger partial charge in [-0.1, -0.05) is 12.1 Å². The van der Waals surface area contributed by atoms with Crippen LogP contribution in [0, 0.1) is 0 Å². The van der Waals surface area contributed by atoms with Crippen LogP contribution < -0.4 is 5.56 Å². The number of furan rings is 1. The molecule has 7 heteroatoms. The molecule has 2 aromatic heterocycles. The second-order valence-corrected chi connectivity index (χ2v) is 5.93. The van der Waals surface area contributed by atoms with Gasteiger partial charge in [-0.05, 0) is 29.7 Å². The van der Waals surface area contributed by atoms with Gasteiger partial charge in [0.1, 0.15) is 6.26 Å². The van der Waals surface area contributed by atoms with E-state index in [0.717, 1.165) is 23.1 Å². The Morgan fingerprint density at radius 1 is 1.16 bits per heavy atom. The molecule has 1 aliphatic rings. The minimum Gasteiger partial charge on any atom is -0.470 e. The van der Waals surface area contributed by atoms with E-state index in [0.29, 0.717) is 29.6 Å². The summed E-state index contributed by atoms with van der Waals surface area (Å²) in [4.78, 5) is 17.0. The molecular formula is C18H13F3N2O2. The second kappa shape index (κ2) is 5.61. The number of aromatic nitrogens is 1. The van der Waals surface area contributed by atoms with Crippen molar-refractivity contribution in [2.75, 3.05) is 6.54 Å². The van der Waals surface area contributed by atoms with Gasteiger partial charge in [-0.3, -0.25) is 9.79 Å². The fraction of sp³-hybridized carbons (Fsp3) is 0.222. The molecule has 128 valence electrons. The Kier molecular flexibility index (Phi) is 3.52. The maximum absolute atomic E-state index is 12.8. The Morgan fingerprint density at radius 2 is 1.92 bits per heavy atom. The number of hydrogen-bond donors (Lipinski definition) is 0.